The van der Waals surface area contributed by atoms with E-state index >= 15 is 0 Å². The lowest BCUT2D eigenvalue weighted by Crippen LogP contribution is -2.32. The van der Waals surface area contributed by atoms with Gasteiger partial charge in [-0.05, 0) is 58.5 Å². The molecule has 1 aromatic rings. The Kier molecular flexibility index (Phi) is 3.95. The molecular formula is C15H22N2. The number of benzene rings is 1. The van der Waals surface area contributed by atoms with E-state index in [0.29, 0.717) is 0 Å². The summed E-state index contributed by atoms with van der Waals surface area (Å²) in [6.45, 7) is 8.21. The van der Waals surface area contributed by atoms with E-state index in [2.05, 4.69) is 43.0 Å². The van der Waals surface area contributed by atoms with Crippen LogP contribution in [0.25, 0.3) is 0 Å². The van der Waals surface area contributed by atoms with Gasteiger partial charge in [0.2, 0.25) is 0 Å². The van der Waals surface area contributed by atoms with Crippen LogP contribution >= 0.6 is 0 Å². The van der Waals surface area contributed by atoms with Crippen molar-refractivity contribution >= 4 is 0 Å². The predicted octanol–water partition coefficient (Wildman–Crippen LogP) is 3.46. The van der Waals surface area contributed by atoms with Crippen molar-refractivity contribution in [3.63, 3.8) is 0 Å². The summed E-state index contributed by atoms with van der Waals surface area (Å²) in [6, 6.07) is 8.99. The first-order valence-electron chi connectivity index (χ1n) is 5.94. The summed E-state index contributed by atoms with van der Waals surface area (Å²) in [6.07, 6.45) is 0. The van der Waals surface area contributed by atoms with Crippen LogP contribution in [0.5, 0.6) is 0 Å². The maximum absolute atomic E-state index is 9.32. The van der Waals surface area contributed by atoms with Gasteiger partial charge in [0.15, 0.2) is 0 Å². The fourth-order valence-electron chi connectivity index (χ4n) is 2.36. The van der Waals surface area contributed by atoms with E-state index in [1.807, 2.05) is 27.9 Å². The molecule has 0 aliphatic carbocycles. The molecule has 1 unspecified atom stereocenters. The Morgan fingerprint density at radius 2 is 1.76 bits per heavy atom. The molecule has 0 radical (unpaired) electrons. The fourth-order valence-corrected chi connectivity index (χ4v) is 2.36. The van der Waals surface area contributed by atoms with Gasteiger partial charge in [-0.25, -0.2) is 0 Å². The zero-order valence-electron chi connectivity index (χ0n) is 11.7. The van der Waals surface area contributed by atoms with Crippen LogP contribution in [-0.4, -0.2) is 19.0 Å². The van der Waals surface area contributed by atoms with Crippen molar-refractivity contribution in [2.75, 3.05) is 14.1 Å². The van der Waals surface area contributed by atoms with Crippen molar-refractivity contribution in [3.8, 4) is 6.07 Å². The molecule has 1 aromatic carbocycles. The number of nitrogens with zero attached hydrogens (tertiary/aromatic N) is 2. The SMILES string of the molecule is Cc1ccc(C(N(C)C)C(C)(C)C#N)cc1C. The third kappa shape index (κ3) is 2.87. The van der Waals surface area contributed by atoms with E-state index < -0.39 is 5.41 Å². The van der Waals surface area contributed by atoms with Crippen LogP contribution in [0.2, 0.25) is 0 Å². The highest BCUT2D eigenvalue weighted by Gasteiger charge is 2.32. The summed E-state index contributed by atoms with van der Waals surface area (Å²) in [5.74, 6) is 0. The van der Waals surface area contributed by atoms with Crippen molar-refractivity contribution in [2.24, 2.45) is 5.41 Å². The van der Waals surface area contributed by atoms with Crippen molar-refractivity contribution in [1.29, 1.82) is 5.26 Å². The van der Waals surface area contributed by atoms with Crippen LogP contribution in [0.4, 0.5) is 0 Å². The summed E-state index contributed by atoms with van der Waals surface area (Å²) < 4.78 is 0. The standard InChI is InChI=1S/C15H22N2/c1-11-7-8-13(9-12(11)2)14(17(5)6)15(3,4)10-16/h7-9,14H,1-6H3. The maximum atomic E-state index is 9.32. The second-order valence-electron chi connectivity index (χ2n) is 5.54. The lowest BCUT2D eigenvalue weighted by atomic mass is 9.80. The van der Waals surface area contributed by atoms with E-state index in [-0.39, 0.29) is 6.04 Å². The monoisotopic (exact) mass is 230 g/mol. The summed E-state index contributed by atoms with van der Waals surface area (Å²) in [5.41, 5.74) is 3.39. The molecule has 0 N–H and O–H groups in total. The Bertz CT molecular complexity index is 439. The minimum absolute atomic E-state index is 0.117. The van der Waals surface area contributed by atoms with Crippen molar-refractivity contribution in [3.05, 3.63) is 34.9 Å². The molecule has 1 atom stereocenters. The highest BCUT2D eigenvalue weighted by atomic mass is 15.1. The summed E-state index contributed by atoms with van der Waals surface area (Å²) in [5, 5.41) is 9.32. The molecule has 0 heterocycles. The summed E-state index contributed by atoms with van der Waals surface area (Å²) in [7, 11) is 4.05. The molecule has 0 aliphatic rings. The normalized spacial score (nSPS) is 13.5. The molecular weight excluding hydrogens is 208 g/mol. The molecule has 0 aliphatic heterocycles. The molecule has 92 valence electrons. The Hall–Kier alpha value is -1.33. The molecule has 1 rings (SSSR count). The van der Waals surface area contributed by atoms with E-state index in [9.17, 15) is 5.26 Å². The first kappa shape index (κ1) is 13.7. The molecule has 17 heavy (non-hydrogen) atoms. The fraction of sp³-hybridized carbons (Fsp3) is 0.533. The first-order valence-corrected chi connectivity index (χ1v) is 5.94. The van der Waals surface area contributed by atoms with Gasteiger partial charge in [-0.15, -0.1) is 0 Å². The number of hydrogen-bond acceptors (Lipinski definition) is 2. The van der Waals surface area contributed by atoms with Crippen LogP contribution < -0.4 is 0 Å². The van der Waals surface area contributed by atoms with Gasteiger partial charge >= 0.3 is 0 Å². The van der Waals surface area contributed by atoms with Crippen LogP contribution in [-0.2, 0) is 0 Å². The number of rotatable bonds is 3. The zero-order chi connectivity index (χ0) is 13.2. The minimum Gasteiger partial charge on any atom is -0.301 e. The summed E-state index contributed by atoms with van der Waals surface area (Å²) in [4.78, 5) is 2.12. The Morgan fingerprint density at radius 3 is 2.18 bits per heavy atom. The Labute approximate surface area is 105 Å². The molecule has 0 saturated carbocycles. The highest BCUT2D eigenvalue weighted by Crippen LogP contribution is 2.36. The molecule has 0 bridgehead atoms. The minimum atomic E-state index is -0.398. The molecule has 0 fully saturated rings. The Morgan fingerprint density at radius 1 is 1.18 bits per heavy atom. The van der Waals surface area contributed by atoms with Gasteiger partial charge in [-0.1, -0.05) is 18.2 Å². The maximum Gasteiger partial charge on any atom is 0.0714 e. The van der Waals surface area contributed by atoms with Gasteiger partial charge in [0.25, 0.3) is 0 Å². The lowest BCUT2D eigenvalue weighted by Gasteiger charge is -2.34. The van der Waals surface area contributed by atoms with Crippen LogP contribution in [0, 0.1) is 30.6 Å². The van der Waals surface area contributed by atoms with Crippen molar-refractivity contribution in [1.82, 2.24) is 4.90 Å². The van der Waals surface area contributed by atoms with E-state index in [4.69, 9.17) is 0 Å². The molecule has 0 amide bonds. The molecule has 2 nitrogen and oxygen atoms in total. The second-order valence-corrected chi connectivity index (χ2v) is 5.54. The largest absolute Gasteiger partial charge is 0.301 e. The van der Waals surface area contributed by atoms with Gasteiger partial charge in [-0.3, -0.25) is 0 Å². The van der Waals surface area contributed by atoms with E-state index in [1.165, 1.54) is 16.7 Å². The average Bonchev–Trinajstić information content (AvgIpc) is 2.22. The number of nitriles is 1. The van der Waals surface area contributed by atoms with Crippen LogP contribution in [0.3, 0.4) is 0 Å². The third-order valence-electron chi connectivity index (χ3n) is 3.33. The van der Waals surface area contributed by atoms with Gasteiger partial charge in [0, 0.05) is 0 Å². The predicted molar refractivity (Wildman–Crippen MR) is 71.7 cm³/mol. The average molecular weight is 230 g/mol. The molecule has 2 heteroatoms. The first-order chi connectivity index (χ1) is 7.79. The van der Waals surface area contributed by atoms with Gasteiger partial charge in [-0.2, -0.15) is 5.26 Å². The van der Waals surface area contributed by atoms with Crippen LogP contribution in [0.1, 0.15) is 36.6 Å². The molecule has 0 spiro atoms. The topological polar surface area (TPSA) is 27.0 Å². The smallest absolute Gasteiger partial charge is 0.0714 e. The molecule has 0 aromatic heterocycles. The van der Waals surface area contributed by atoms with Gasteiger partial charge in [0.1, 0.15) is 0 Å². The van der Waals surface area contributed by atoms with E-state index in [1.54, 1.807) is 0 Å². The second kappa shape index (κ2) is 4.89. The van der Waals surface area contributed by atoms with Gasteiger partial charge < -0.3 is 4.90 Å². The highest BCUT2D eigenvalue weighted by molar-refractivity contribution is 5.33. The number of hydrogen-bond donors (Lipinski definition) is 0. The lowest BCUT2D eigenvalue weighted by molar-refractivity contribution is 0.185. The van der Waals surface area contributed by atoms with Crippen LogP contribution in [0.15, 0.2) is 18.2 Å². The van der Waals surface area contributed by atoms with Crippen molar-refractivity contribution < 1.29 is 0 Å². The van der Waals surface area contributed by atoms with Crippen molar-refractivity contribution in [2.45, 2.75) is 33.7 Å². The Balaban J connectivity index is 3.25. The molecule has 0 saturated heterocycles. The quantitative estimate of drug-likeness (QED) is 0.795. The van der Waals surface area contributed by atoms with Gasteiger partial charge in [0.05, 0.1) is 17.5 Å². The zero-order valence-corrected chi connectivity index (χ0v) is 11.7. The summed E-state index contributed by atoms with van der Waals surface area (Å²) >= 11 is 0. The van der Waals surface area contributed by atoms with E-state index in [0.717, 1.165) is 0 Å². The third-order valence-corrected chi connectivity index (χ3v) is 3.33. The number of aryl methyl sites for hydroxylation is 2.